The maximum atomic E-state index is 10.3. The average molecular weight is 425 g/mol. The Hall–Kier alpha value is -3.22. The summed E-state index contributed by atoms with van der Waals surface area (Å²) in [4.78, 5) is 15.6. The Balaban J connectivity index is 1.73. The Bertz CT molecular complexity index is 1130. The molecule has 0 bridgehead atoms. The van der Waals surface area contributed by atoms with E-state index in [2.05, 4.69) is 31.0 Å². The van der Waals surface area contributed by atoms with Gasteiger partial charge in [0.2, 0.25) is 0 Å². The zero-order valence-electron chi connectivity index (χ0n) is 16.6. The van der Waals surface area contributed by atoms with Crippen molar-refractivity contribution >= 4 is 23.1 Å². The molecule has 0 aliphatic carbocycles. The van der Waals surface area contributed by atoms with Crippen LogP contribution in [0, 0.1) is 17.2 Å². The highest BCUT2D eigenvalue weighted by atomic mass is 35.5. The molecule has 1 atom stereocenters. The molecule has 3 aromatic rings. The number of anilines is 2. The number of nitrogens with zero attached hydrogens (tertiary/aromatic N) is 7. The van der Waals surface area contributed by atoms with Gasteiger partial charge in [0.25, 0.3) is 0 Å². The lowest BCUT2D eigenvalue weighted by atomic mass is 9.90. The lowest BCUT2D eigenvalue weighted by Crippen LogP contribution is -2.33. The van der Waals surface area contributed by atoms with Crippen LogP contribution in [0.3, 0.4) is 0 Å². The number of halogens is 1. The van der Waals surface area contributed by atoms with E-state index in [9.17, 15) is 10.4 Å². The first-order valence-corrected chi connectivity index (χ1v) is 9.85. The molecular weight excluding hydrogens is 404 g/mol. The van der Waals surface area contributed by atoms with Crippen molar-refractivity contribution in [3.05, 3.63) is 41.4 Å². The lowest BCUT2D eigenvalue weighted by Gasteiger charge is -2.25. The van der Waals surface area contributed by atoms with Crippen LogP contribution in [0.25, 0.3) is 17.2 Å². The largest absolute Gasteiger partial charge is 0.397 e. The zero-order chi connectivity index (χ0) is 21.5. The smallest absolute Gasteiger partial charge is 0.156 e. The molecule has 154 valence electrons. The Morgan fingerprint density at radius 3 is 2.70 bits per heavy atom. The molecule has 0 amide bonds. The summed E-state index contributed by atoms with van der Waals surface area (Å²) < 4.78 is 1.48. The molecule has 4 heterocycles. The molecule has 0 radical (unpaired) electrons. The van der Waals surface area contributed by atoms with Crippen LogP contribution in [0.1, 0.15) is 25.8 Å². The first-order chi connectivity index (χ1) is 14.3. The van der Waals surface area contributed by atoms with Gasteiger partial charge < -0.3 is 15.7 Å². The summed E-state index contributed by atoms with van der Waals surface area (Å²) in [6.07, 6.45) is 7.17. The number of rotatable bonds is 4. The van der Waals surface area contributed by atoms with Crippen molar-refractivity contribution in [3.63, 3.8) is 0 Å². The third-order valence-corrected chi connectivity index (χ3v) is 5.50. The fourth-order valence-electron chi connectivity index (χ4n) is 3.56. The Morgan fingerprint density at radius 2 is 2.07 bits per heavy atom. The molecule has 0 spiro atoms. The summed E-state index contributed by atoms with van der Waals surface area (Å²) in [5.41, 5.74) is 6.60. The van der Waals surface area contributed by atoms with Crippen molar-refractivity contribution in [3.8, 4) is 23.3 Å². The molecule has 1 saturated heterocycles. The molecule has 3 aromatic heterocycles. The van der Waals surface area contributed by atoms with E-state index in [-0.39, 0.29) is 17.2 Å². The topological polar surface area (TPSA) is 130 Å². The minimum absolute atomic E-state index is 0.138. The highest BCUT2D eigenvalue weighted by Gasteiger charge is 2.34. The van der Waals surface area contributed by atoms with E-state index in [0.29, 0.717) is 34.6 Å². The van der Waals surface area contributed by atoms with Crippen LogP contribution in [0.4, 0.5) is 11.5 Å². The predicted octanol–water partition coefficient (Wildman–Crippen LogP) is 2.43. The van der Waals surface area contributed by atoms with Crippen molar-refractivity contribution in [1.29, 1.82) is 5.26 Å². The second kappa shape index (κ2) is 7.55. The van der Waals surface area contributed by atoms with E-state index in [1.165, 1.54) is 10.9 Å². The second-order valence-electron chi connectivity index (χ2n) is 7.86. The van der Waals surface area contributed by atoms with Crippen LogP contribution in [-0.4, -0.2) is 48.5 Å². The van der Waals surface area contributed by atoms with Gasteiger partial charge in [-0.3, -0.25) is 4.98 Å². The number of aromatic nitrogens is 5. The fourth-order valence-corrected chi connectivity index (χ4v) is 3.70. The second-order valence-corrected chi connectivity index (χ2v) is 8.29. The van der Waals surface area contributed by atoms with E-state index in [1.54, 1.807) is 24.7 Å². The maximum absolute atomic E-state index is 10.3. The highest BCUT2D eigenvalue weighted by Crippen LogP contribution is 2.31. The van der Waals surface area contributed by atoms with Crippen molar-refractivity contribution in [2.45, 2.75) is 25.9 Å². The first-order valence-electron chi connectivity index (χ1n) is 9.47. The van der Waals surface area contributed by atoms with Crippen LogP contribution >= 0.6 is 11.6 Å². The van der Waals surface area contributed by atoms with E-state index in [4.69, 9.17) is 17.3 Å². The van der Waals surface area contributed by atoms with E-state index in [0.717, 1.165) is 13.0 Å². The van der Waals surface area contributed by atoms with Crippen molar-refractivity contribution in [1.82, 2.24) is 24.7 Å². The zero-order valence-corrected chi connectivity index (χ0v) is 17.4. The van der Waals surface area contributed by atoms with Gasteiger partial charge in [0.15, 0.2) is 5.82 Å². The number of nitriles is 1. The lowest BCUT2D eigenvalue weighted by molar-refractivity contribution is 0.0263. The van der Waals surface area contributed by atoms with Crippen molar-refractivity contribution in [2.24, 2.45) is 5.92 Å². The van der Waals surface area contributed by atoms with Gasteiger partial charge in [0.1, 0.15) is 28.8 Å². The number of hydrogen-bond donors (Lipinski definition) is 2. The normalized spacial score (nSPS) is 16.6. The summed E-state index contributed by atoms with van der Waals surface area (Å²) in [5, 5.41) is 24.5. The van der Waals surface area contributed by atoms with E-state index >= 15 is 0 Å². The third kappa shape index (κ3) is 3.79. The molecule has 9 nitrogen and oxygen atoms in total. The minimum atomic E-state index is -0.761. The summed E-state index contributed by atoms with van der Waals surface area (Å²) in [6.45, 7) is 5.08. The Labute approximate surface area is 178 Å². The molecule has 30 heavy (non-hydrogen) atoms. The maximum Gasteiger partial charge on any atom is 0.156 e. The summed E-state index contributed by atoms with van der Waals surface area (Å²) in [5.74, 6) is 1.22. The first kappa shape index (κ1) is 20.1. The van der Waals surface area contributed by atoms with Crippen molar-refractivity contribution in [2.75, 3.05) is 23.7 Å². The fraction of sp³-hybridized carbons (Fsp3) is 0.350. The average Bonchev–Trinajstić information content (AvgIpc) is 3.37. The number of nitrogens with two attached hydrogens (primary N) is 1. The van der Waals surface area contributed by atoms with Gasteiger partial charge in [0, 0.05) is 25.1 Å². The van der Waals surface area contributed by atoms with Crippen LogP contribution in [0.5, 0.6) is 0 Å². The van der Waals surface area contributed by atoms with Gasteiger partial charge in [-0.15, -0.1) is 0 Å². The number of nitrogen functional groups attached to an aromatic ring is 1. The molecular formula is C20H21ClN8O. The Kier molecular flexibility index (Phi) is 5.05. The molecule has 10 heteroatoms. The number of hydrogen-bond acceptors (Lipinski definition) is 8. The molecule has 0 saturated carbocycles. The van der Waals surface area contributed by atoms with Gasteiger partial charge in [-0.2, -0.15) is 10.4 Å². The predicted molar refractivity (Wildman–Crippen MR) is 113 cm³/mol. The molecule has 1 aliphatic rings. The standard InChI is InChI=1S/C20H21ClN8O/c1-20(2,30)12-3-4-28(10-12)18-9-24-8-16(26-18)19-14(6-22)15(23)5-17(27-19)29-11-13(21)7-25-29/h5,7-9,11-12,30H,3-4,10H2,1-2H3,(H2,23,27). The Morgan fingerprint density at radius 1 is 1.27 bits per heavy atom. The number of pyridine rings is 1. The summed E-state index contributed by atoms with van der Waals surface area (Å²) >= 11 is 5.96. The van der Waals surface area contributed by atoms with Gasteiger partial charge in [-0.1, -0.05) is 11.6 Å². The van der Waals surface area contributed by atoms with Gasteiger partial charge >= 0.3 is 0 Å². The summed E-state index contributed by atoms with van der Waals surface area (Å²) in [6, 6.07) is 3.67. The number of aliphatic hydroxyl groups is 1. The van der Waals surface area contributed by atoms with Crippen LogP contribution < -0.4 is 10.6 Å². The SMILES string of the molecule is CC(C)(O)C1CCN(c2cncc(-c3nc(-n4cc(Cl)cn4)cc(N)c3C#N)n2)C1. The molecule has 1 fully saturated rings. The van der Waals surface area contributed by atoms with Gasteiger partial charge in [-0.25, -0.2) is 14.6 Å². The molecule has 1 aliphatic heterocycles. The van der Waals surface area contributed by atoms with Crippen LogP contribution in [-0.2, 0) is 0 Å². The summed E-state index contributed by atoms with van der Waals surface area (Å²) in [7, 11) is 0. The van der Waals surface area contributed by atoms with E-state index in [1.807, 2.05) is 13.8 Å². The van der Waals surface area contributed by atoms with E-state index < -0.39 is 5.60 Å². The van der Waals surface area contributed by atoms with Crippen LogP contribution in [0.2, 0.25) is 5.02 Å². The van der Waals surface area contributed by atoms with Gasteiger partial charge in [-0.05, 0) is 20.3 Å². The quantitative estimate of drug-likeness (QED) is 0.653. The van der Waals surface area contributed by atoms with Crippen LogP contribution in [0.15, 0.2) is 30.9 Å². The van der Waals surface area contributed by atoms with Crippen molar-refractivity contribution < 1.29 is 5.11 Å². The molecule has 3 N–H and O–H groups in total. The highest BCUT2D eigenvalue weighted by molar-refractivity contribution is 6.30. The monoisotopic (exact) mass is 424 g/mol. The molecule has 0 aromatic carbocycles. The minimum Gasteiger partial charge on any atom is -0.397 e. The molecule has 1 unspecified atom stereocenters. The third-order valence-electron chi connectivity index (χ3n) is 5.31. The molecule has 4 rings (SSSR count). The van der Waals surface area contributed by atoms with Gasteiger partial charge in [0.05, 0.1) is 41.1 Å².